The number of carbonyl (C=O) groups excluding carboxylic acids is 1. The summed E-state index contributed by atoms with van der Waals surface area (Å²) in [6.07, 6.45) is 0. The van der Waals surface area contributed by atoms with E-state index in [1.165, 1.54) is 0 Å². The van der Waals surface area contributed by atoms with Crippen molar-refractivity contribution in [2.24, 2.45) is 0 Å². The number of carbonyl (C=O) groups is 1. The summed E-state index contributed by atoms with van der Waals surface area (Å²) in [4.78, 5) is 13.7. The summed E-state index contributed by atoms with van der Waals surface area (Å²) in [6, 6.07) is 7.70. The Balaban J connectivity index is 1.74. The first-order valence-electron chi connectivity index (χ1n) is 6.54. The smallest absolute Gasteiger partial charge is 0.236 e. The lowest BCUT2D eigenvalue weighted by Crippen LogP contribution is -2.44. The van der Waals surface area contributed by atoms with Crippen LogP contribution in [-0.2, 0) is 22.7 Å². The molecular formula is C14H20N2O3. The number of hydrogen-bond donors (Lipinski definition) is 2. The van der Waals surface area contributed by atoms with E-state index in [-0.39, 0.29) is 12.5 Å². The number of aliphatic hydroxyl groups excluding tert-OH is 1. The molecule has 1 heterocycles. The van der Waals surface area contributed by atoms with Gasteiger partial charge in [-0.2, -0.15) is 0 Å². The molecule has 104 valence electrons. The van der Waals surface area contributed by atoms with Crippen LogP contribution in [0.1, 0.15) is 11.1 Å². The van der Waals surface area contributed by atoms with Gasteiger partial charge in [0.05, 0.1) is 26.4 Å². The molecule has 0 atom stereocenters. The molecule has 0 bridgehead atoms. The van der Waals surface area contributed by atoms with Gasteiger partial charge >= 0.3 is 0 Å². The summed E-state index contributed by atoms with van der Waals surface area (Å²) in [7, 11) is 0. The highest BCUT2D eigenvalue weighted by Crippen LogP contribution is 2.05. The van der Waals surface area contributed by atoms with Crippen LogP contribution in [0.25, 0.3) is 0 Å². The number of morpholine rings is 1. The summed E-state index contributed by atoms with van der Waals surface area (Å²) < 4.78 is 5.21. The number of aliphatic hydroxyl groups is 1. The number of rotatable bonds is 5. The van der Waals surface area contributed by atoms with Crippen LogP contribution in [0.3, 0.4) is 0 Å². The van der Waals surface area contributed by atoms with E-state index in [1.807, 2.05) is 29.2 Å². The summed E-state index contributed by atoms with van der Waals surface area (Å²) in [5.74, 6) is 0.113. The van der Waals surface area contributed by atoms with E-state index in [2.05, 4.69) is 5.32 Å². The Bertz CT molecular complexity index is 417. The Labute approximate surface area is 113 Å². The number of benzene rings is 1. The fourth-order valence-corrected chi connectivity index (χ4v) is 2.08. The van der Waals surface area contributed by atoms with Crippen LogP contribution in [0.4, 0.5) is 0 Å². The lowest BCUT2D eigenvalue weighted by Gasteiger charge is -2.26. The van der Waals surface area contributed by atoms with Gasteiger partial charge in [0.25, 0.3) is 0 Å². The summed E-state index contributed by atoms with van der Waals surface area (Å²) >= 11 is 0. The van der Waals surface area contributed by atoms with E-state index in [4.69, 9.17) is 9.84 Å². The summed E-state index contributed by atoms with van der Waals surface area (Å²) in [5, 5.41) is 12.2. The number of ether oxygens (including phenoxy) is 1. The van der Waals surface area contributed by atoms with Crippen LogP contribution >= 0.6 is 0 Å². The monoisotopic (exact) mass is 264 g/mol. The highest BCUT2D eigenvalue weighted by atomic mass is 16.5. The normalized spacial score (nSPS) is 15.5. The molecule has 1 aliphatic rings. The minimum atomic E-state index is 0.0422. The molecule has 0 unspecified atom stereocenters. The lowest BCUT2D eigenvalue weighted by molar-refractivity contribution is -0.134. The largest absolute Gasteiger partial charge is 0.392 e. The average Bonchev–Trinajstić information content (AvgIpc) is 2.48. The van der Waals surface area contributed by atoms with Gasteiger partial charge in [-0.05, 0) is 11.1 Å². The van der Waals surface area contributed by atoms with E-state index < -0.39 is 0 Å². The summed E-state index contributed by atoms with van der Waals surface area (Å²) in [6.45, 7) is 3.63. The van der Waals surface area contributed by atoms with E-state index in [0.29, 0.717) is 39.4 Å². The van der Waals surface area contributed by atoms with Crippen molar-refractivity contribution in [3.05, 3.63) is 35.4 Å². The molecule has 0 saturated carbocycles. The van der Waals surface area contributed by atoms with Crippen molar-refractivity contribution in [2.45, 2.75) is 13.2 Å². The zero-order chi connectivity index (χ0) is 13.5. The maximum absolute atomic E-state index is 11.9. The molecule has 1 amide bonds. The van der Waals surface area contributed by atoms with Gasteiger partial charge in [-0.25, -0.2) is 0 Å². The zero-order valence-electron chi connectivity index (χ0n) is 11.0. The summed E-state index contributed by atoms with van der Waals surface area (Å²) in [5.41, 5.74) is 1.96. The van der Waals surface area contributed by atoms with Crippen molar-refractivity contribution < 1.29 is 14.6 Å². The Hall–Kier alpha value is -1.43. The zero-order valence-corrected chi connectivity index (χ0v) is 11.0. The molecule has 0 aliphatic carbocycles. The van der Waals surface area contributed by atoms with E-state index in [0.717, 1.165) is 11.1 Å². The van der Waals surface area contributed by atoms with Crippen molar-refractivity contribution in [3.8, 4) is 0 Å². The van der Waals surface area contributed by atoms with Crippen LogP contribution in [0.15, 0.2) is 24.3 Å². The molecule has 1 aliphatic heterocycles. The van der Waals surface area contributed by atoms with Gasteiger partial charge in [-0.1, -0.05) is 24.3 Å². The van der Waals surface area contributed by atoms with Gasteiger partial charge in [0.1, 0.15) is 0 Å². The first kappa shape index (κ1) is 14.0. The van der Waals surface area contributed by atoms with E-state index in [1.54, 1.807) is 0 Å². The van der Waals surface area contributed by atoms with Crippen molar-refractivity contribution in [1.82, 2.24) is 10.2 Å². The SMILES string of the molecule is O=C(CNCc1cccc(CO)c1)N1CCOCC1. The molecule has 1 aromatic rings. The molecule has 0 radical (unpaired) electrons. The average molecular weight is 264 g/mol. The lowest BCUT2D eigenvalue weighted by atomic mass is 10.1. The quantitative estimate of drug-likeness (QED) is 0.793. The molecule has 5 nitrogen and oxygen atoms in total. The molecule has 2 rings (SSSR count). The van der Waals surface area contributed by atoms with Crippen molar-refractivity contribution >= 4 is 5.91 Å². The predicted molar refractivity (Wildman–Crippen MR) is 71.5 cm³/mol. The van der Waals surface area contributed by atoms with Gasteiger partial charge in [-0.15, -0.1) is 0 Å². The van der Waals surface area contributed by atoms with Crippen LogP contribution in [0.5, 0.6) is 0 Å². The van der Waals surface area contributed by atoms with Gasteiger partial charge in [0.2, 0.25) is 5.91 Å². The number of nitrogens with one attached hydrogen (secondary N) is 1. The third kappa shape index (κ3) is 4.31. The Morgan fingerprint density at radius 2 is 2.05 bits per heavy atom. The van der Waals surface area contributed by atoms with Crippen molar-refractivity contribution in [1.29, 1.82) is 0 Å². The minimum absolute atomic E-state index is 0.0422. The Kier molecular flexibility index (Phi) is 5.32. The minimum Gasteiger partial charge on any atom is -0.392 e. The van der Waals surface area contributed by atoms with Crippen molar-refractivity contribution in [2.75, 3.05) is 32.8 Å². The molecular weight excluding hydrogens is 244 g/mol. The Morgan fingerprint density at radius 3 is 2.79 bits per heavy atom. The molecule has 1 saturated heterocycles. The third-order valence-corrected chi connectivity index (χ3v) is 3.14. The second-order valence-electron chi connectivity index (χ2n) is 4.57. The fourth-order valence-electron chi connectivity index (χ4n) is 2.08. The molecule has 1 fully saturated rings. The first-order chi connectivity index (χ1) is 9.29. The third-order valence-electron chi connectivity index (χ3n) is 3.14. The second-order valence-corrected chi connectivity index (χ2v) is 4.57. The maximum atomic E-state index is 11.9. The van der Waals surface area contributed by atoms with Crippen LogP contribution in [0, 0.1) is 0 Å². The highest BCUT2D eigenvalue weighted by Gasteiger charge is 2.15. The maximum Gasteiger partial charge on any atom is 0.236 e. The second kappa shape index (κ2) is 7.23. The molecule has 1 aromatic carbocycles. The van der Waals surface area contributed by atoms with Crippen LogP contribution in [0.2, 0.25) is 0 Å². The molecule has 0 aromatic heterocycles. The predicted octanol–water partition coefficient (Wildman–Crippen LogP) is 0.127. The fraction of sp³-hybridized carbons (Fsp3) is 0.500. The number of nitrogens with zero attached hydrogens (tertiary/aromatic N) is 1. The van der Waals surface area contributed by atoms with Crippen LogP contribution in [-0.4, -0.2) is 48.8 Å². The van der Waals surface area contributed by atoms with Gasteiger partial charge in [0.15, 0.2) is 0 Å². The van der Waals surface area contributed by atoms with Gasteiger partial charge < -0.3 is 20.1 Å². The molecule has 5 heteroatoms. The van der Waals surface area contributed by atoms with Gasteiger partial charge in [0, 0.05) is 19.6 Å². The first-order valence-corrected chi connectivity index (χ1v) is 6.54. The standard InChI is InChI=1S/C14H20N2O3/c17-11-13-3-1-2-12(8-13)9-15-10-14(18)16-4-6-19-7-5-16/h1-3,8,15,17H,4-7,9-11H2. The highest BCUT2D eigenvalue weighted by molar-refractivity contribution is 5.78. The molecule has 2 N–H and O–H groups in total. The van der Waals surface area contributed by atoms with Crippen LogP contribution < -0.4 is 5.32 Å². The molecule has 0 spiro atoms. The number of amides is 1. The Morgan fingerprint density at radius 1 is 1.32 bits per heavy atom. The molecule has 19 heavy (non-hydrogen) atoms. The van der Waals surface area contributed by atoms with Gasteiger partial charge in [-0.3, -0.25) is 4.79 Å². The van der Waals surface area contributed by atoms with E-state index >= 15 is 0 Å². The van der Waals surface area contributed by atoms with E-state index in [9.17, 15) is 4.79 Å². The topological polar surface area (TPSA) is 61.8 Å². The van der Waals surface area contributed by atoms with Crippen molar-refractivity contribution in [3.63, 3.8) is 0 Å². The number of hydrogen-bond acceptors (Lipinski definition) is 4.